The minimum Gasteiger partial charge on any atom is -0.481 e. The molecule has 0 fully saturated rings. The zero-order valence-electron chi connectivity index (χ0n) is 19.3. The van der Waals surface area contributed by atoms with E-state index in [1.165, 1.54) is 14.0 Å². The summed E-state index contributed by atoms with van der Waals surface area (Å²) in [6.07, 6.45) is -0.596. The average Bonchev–Trinajstić information content (AvgIpc) is 2.72. The zero-order chi connectivity index (χ0) is 24.3. The first-order valence-electron chi connectivity index (χ1n) is 10.6. The minimum absolute atomic E-state index is 0.0832. The lowest BCUT2D eigenvalue weighted by Gasteiger charge is -2.29. The Hall–Kier alpha value is -2.39. The van der Waals surface area contributed by atoms with Crippen LogP contribution in [0.1, 0.15) is 46.1 Å². The maximum atomic E-state index is 13.2. The Bertz CT molecular complexity index is 755. The van der Waals surface area contributed by atoms with E-state index in [1.54, 1.807) is 6.92 Å². The molecule has 1 rings (SSSR count). The summed E-state index contributed by atoms with van der Waals surface area (Å²) in [4.78, 5) is 48.8. The molecule has 0 spiro atoms. The Morgan fingerprint density at radius 2 is 1.69 bits per heavy atom. The molecule has 0 saturated carbocycles. The maximum absolute atomic E-state index is 13.2. The summed E-state index contributed by atoms with van der Waals surface area (Å²) < 4.78 is 5.84. The van der Waals surface area contributed by atoms with Crippen molar-refractivity contribution in [2.24, 2.45) is 11.8 Å². The van der Waals surface area contributed by atoms with Crippen LogP contribution in [0.5, 0.6) is 0 Å². The van der Waals surface area contributed by atoms with Crippen LogP contribution in [-0.4, -0.2) is 52.4 Å². The number of benzene rings is 1. The molecule has 1 aromatic carbocycles. The molecule has 32 heavy (non-hydrogen) atoms. The third-order valence-electron chi connectivity index (χ3n) is 4.86. The normalized spacial score (nSPS) is 14.8. The molecule has 0 aliphatic rings. The molecule has 0 aliphatic carbocycles. The fraction of sp³-hybridized carbons (Fsp3) is 0.565. The number of carboxylic acids is 1. The highest BCUT2D eigenvalue weighted by atomic mass is 32.2. The average molecular weight is 467 g/mol. The number of carbonyl (C=O) groups is 4. The van der Waals surface area contributed by atoms with Crippen LogP contribution in [0.4, 0.5) is 0 Å². The van der Waals surface area contributed by atoms with Crippen molar-refractivity contribution < 1.29 is 29.0 Å². The minimum atomic E-state index is -1.09. The van der Waals surface area contributed by atoms with Gasteiger partial charge in [-0.05, 0) is 24.8 Å². The van der Waals surface area contributed by atoms with Crippen molar-refractivity contribution in [1.82, 2.24) is 10.6 Å². The monoisotopic (exact) mass is 466 g/mol. The highest BCUT2D eigenvalue weighted by molar-refractivity contribution is 8.14. The van der Waals surface area contributed by atoms with E-state index in [4.69, 9.17) is 4.74 Å². The number of carboxylic acid groups (broad SMARTS) is 1. The molecule has 9 heteroatoms. The Balaban J connectivity index is 3.03. The molecule has 0 saturated heterocycles. The van der Waals surface area contributed by atoms with Crippen LogP contribution in [-0.2, 0) is 30.5 Å². The number of hydrogen-bond acceptors (Lipinski definition) is 6. The van der Waals surface area contributed by atoms with Gasteiger partial charge in [0.2, 0.25) is 11.8 Å². The van der Waals surface area contributed by atoms with Gasteiger partial charge in [0.15, 0.2) is 5.12 Å². The lowest BCUT2D eigenvalue weighted by Crippen LogP contribution is -2.54. The highest BCUT2D eigenvalue weighted by Gasteiger charge is 2.36. The van der Waals surface area contributed by atoms with E-state index in [0.717, 1.165) is 17.3 Å². The summed E-state index contributed by atoms with van der Waals surface area (Å²) >= 11 is 0.851. The molecule has 0 aromatic heterocycles. The molecule has 0 radical (unpaired) electrons. The largest absolute Gasteiger partial charge is 0.481 e. The van der Waals surface area contributed by atoms with Crippen LogP contribution < -0.4 is 10.6 Å². The number of hydrogen-bond donors (Lipinski definition) is 3. The summed E-state index contributed by atoms with van der Waals surface area (Å²) in [6, 6.07) is 8.48. The Labute approximate surface area is 193 Å². The van der Waals surface area contributed by atoms with Gasteiger partial charge in [-0.3, -0.25) is 19.2 Å². The number of ether oxygens (including phenoxy) is 1. The van der Waals surface area contributed by atoms with Crippen molar-refractivity contribution in [2.75, 3.05) is 7.05 Å². The SMILES string of the molecule is CNC(=O)C(NC(=O)C(CC(C)C)C(CC(=O)O)SC(C)=O)C(C)OCc1ccccc1. The van der Waals surface area contributed by atoms with E-state index >= 15 is 0 Å². The Morgan fingerprint density at radius 1 is 1.06 bits per heavy atom. The topological polar surface area (TPSA) is 122 Å². The molecular formula is C23H34N2O6S. The molecule has 0 aliphatic heterocycles. The molecule has 0 bridgehead atoms. The van der Waals surface area contributed by atoms with Gasteiger partial charge in [-0.1, -0.05) is 55.9 Å². The van der Waals surface area contributed by atoms with Gasteiger partial charge < -0.3 is 20.5 Å². The Morgan fingerprint density at radius 3 is 2.19 bits per heavy atom. The molecule has 178 valence electrons. The molecule has 4 atom stereocenters. The van der Waals surface area contributed by atoms with Crippen LogP contribution in [0.15, 0.2) is 30.3 Å². The van der Waals surface area contributed by atoms with Gasteiger partial charge in [0, 0.05) is 19.2 Å². The number of likely N-dealkylation sites (N-methyl/N-ethyl adjacent to an activating group) is 1. The van der Waals surface area contributed by atoms with Gasteiger partial charge in [-0.15, -0.1) is 0 Å². The van der Waals surface area contributed by atoms with Gasteiger partial charge in [-0.2, -0.15) is 0 Å². The molecular weight excluding hydrogens is 432 g/mol. The molecule has 1 aromatic rings. The van der Waals surface area contributed by atoms with Crippen molar-refractivity contribution in [3.8, 4) is 0 Å². The van der Waals surface area contributed by atoms with Crippen LogP contribution >= 0.6 is 11.8 Å². The molecule has 0 heterocycles. The first-order chi connectivity index (χ1) is 15.0. The number of amides is 2. The van der Waals surface area contributed by atoms with Gasteiger partial charge in [0.25, 0.3) is 0 Å². The third-order valence-corrected chi connectivity index (χ3v) is 5.99. The zero-order valence-corrected chi connectivity index (χ0v) is 20.1. The number of thioether (sulfide) groups is 1. The van der Waals surface area contributed by atoms with Crippen LogP contribution in [0, 0.1) is 11.8 Å². The summed E-state index contributed by atoms with van der Waals surface area (Å²) in [5, 5.41) is 13.6. The van der Waals surface area contributed by atoms with E-state index in [1.807, 2.05) is 44.2 Å². The van der Waals surface area contributed by atoms with Gasteiger partial charge in [0.05, 0.1) is 25.0 Å². The lowest BCUT2D eigenvalue weighted by atomic mass is 9.91. The van der Waals surface area contributed by atoms with Crippen LogP contribution in [0.3, 0.4) is 0 Å². The summed E-state index contributed by atoms with van der Waals surface area (Å²) in [5.41, 5.74) is 0.929. The molecule has 4 unspecified atom stereocenters. The predicted octanol–water partition coefficient (Wildman–Crippen LogP) is 2.61. The number of aliphatic carboxylic acids is 1. The van der Waals surface area contributed by atoms with Crippen molar-refractivity contribution in [2.45, 2.75) is 64.5 Å². The fourth-order valence-electron chi connectivity index (χ4n) is 3.30. The smallest absolute Gasteiger partial charge is 0.304 e. The van der Waals surface area contributed by atoms with Crippen LogP contribution in [0.2, 0.25) is 0 Å². The summed E-state index contributed by atoms with van der Waals surface area (Å²) in [7, 11) is 1.47. The van der Waals surface area contributed by atoms with E-state index in [-0.39, 0.29) is 24.1 Å². The van der Waals surface area contributed by atoms with Crippen molar-refractivity contribution >= 4 is 34.7 Å². The lowest BCUT2D eigenvalue weighted by molar-refractivity contribution is -0.138. The first-order valence-corrected chi connectivity index (χ1v) is 11.5. The molecule has 2 amide bonds. The van der Waals surface area contributed by atoms with E-state index < -0.39 is 41.1 Å². The van der Waals surface area contributed by atoms with Gasteiger partial charge >= 0.3 is 5.97 Å². The first kappa shape index (κ1) is 27.6. The van der Waals surface area contributed by atoms with Gasteiger partial charge in [0.1, 0.15) is 6.04 Å². The Kier molecular flexibility index (Phi) is 12.0. The summed E-state index contributed by atoms with van der Waals surface area (Å²) in [6.45, 7) is 7.13. The predicted molar refractivity (Wildman–Crippen MR) is 124 cm³/mol. The van der Waals surface area contributed by atoms with E-state index in [9.17, 15) is 24.3 Å². The number of rotatable bonds is 13. The van der Waals surface area contributed by atoms with E-state index in [0.29, 0.717) is 6.42 Å². The van der Waals surface area contributed by atoms with Crippen molar-refractivity contribution in [3.05, 3.63) is 35.9 Å². The fourth-order valence-corrected chi connectivity index (χ4v) is 4.35. The highest BCUT2D eigenvalue weighted by Crippen LogP contribution is 2.29. The van der Waals surface area contributed by atoms with Crippen molar-refractivity contribution in [3.63, 3.8) is 0 Å². The van der Waals surface area contributed by atoms with Gasteiger partial charge in [-0.25, -0.2) is 0 Å². The van der Waals surface area contributed by atoms with E-state index in [2.05, 4.69) is 10.6 Å². The quantitative estimate of drug-likeness (QED) is 0.408. The third kappa shape index (κ3) is 9.82. The van der Waals surface area contributed by atoms with Crippen LogP contribution in [0.25, 0.3) is 0 Å². The number of nitrogens with one attached hydrogen (secondary N) is 2. The molecule has 8 nitrogen and oxygen atoms in total. The standard InChI is InChI=1S/C23H34N2O6S/c1-14(2)11-18(19(12-20(27)28)32-16(4)26)22(29)25-21(23(30)24-5)15(3)31-13-17-9-7-6-8-10-17/h6-10,14-15,18-19,21H,11-13H2,1-5H3,(H,24,30)(H,25,29)(H,27,28). The number of carbonyl (C=O) groups excluding carboxylic acids is 3. The second-order valence-corrected chi connectivity index (χ2v) is 9.50. The second-order valence-electron chi connectivity index (χ2n) is 8.08. The summed E-state index contributed by atoms with van der Waals surface area (Å²) in [5.74, 6) is -2.65. The molecule has 3 N–H and O–H groups in total. The van der Waals surface area contributed by atoms with Crippen molar-refractivity contribution in [1.29, 1.82) is 0 Å². The maximum Gasteiger partial charge on any atom is 0.304 e. The second kappa shape index (κ2) is 13.9.